The van der Waals surface area contributed by atoms with Gasteiger partial charge in [0.2, 0.25) is 11.8 Å². The normalized spacial score (nSPS) is 14.9. The molecule has 0 radical (unpaired) electrons. The molecule has 7 N–H and O–H groups in total. The van der Waals surface area contributed by atoms with E-state index in [1.165, 1.54) is 0 Å². The van der Waals surface area contributed by atoms with Crippen LogP contribution in [-0.4, -0.2) is 47.6 Å². The second kappa shape index (κ2) is 11.8. The van der Waals surface area contributed by atoms with Gasteiger partial charge in [-0.3, -0.25) is 9.59 Å². The number of amides is 2. The van der Waals surface area contributed by atoms with E-state index in [0.717, 1.165) is 0 Å². The number of carboxylic acid groups (broad SMARTS) is 1. The SMILES string of the molecule is CC(C)CC(NC(=O)C(CCCCN)NC(=O)C(N)C(C)C)C(=O)O. The predicted molar refractivity (Wildman–Crippen MR) is 96.7 cm³/mol. The first-order valence-electron chi connectivity index (χ1n) is 8.89. The molecule has 0 aliphatic carbocycles. The van der Waals surface area contributed by atoms with Crippen molar-refractivity contribution in [2.75, 3.05) is 6.54 Å². The molecule has 8 nitrogen and oxygen atoms in total. The third-order valence-corrected chi connectivity index (χ3v) is 3.92. The maximum Gasteiger partial charge on any atom is 0.326 e. The number of hydrogen-bond acceptors (Lipinski definition) is 5. The van der Waals surface area contributed by atoms with Crippen molar-refractivity contribution in [1.82, 2.24) is 10.6 Å². The van der Waals surface area contributed by atoms with Gasteiger partial charge in [-0.1, -0.05) is 27.7 Å². The number of nitrogens with one attached hydrogen (secondary N) is 2. The summed E-state index contributed by atoms with van der Waals surface area (Å²) in [5.74, 6) is -1.97. The minimum atomic E-state index is -1.09. The number of rotatable bonds is 12. The van der Waals surface area contributed by atoms with Crippen LogP contribution < -0.4 is 22.1 Å². The molecular weight excluding hydrogens is 324 g/mol. The average molecular weight is 358 g/mol. The molecular formula is C17H34N4O4. The van der Waals surface area contributed by atoms with Crippen LogP contribution in [0.1, 0.15) is 53.4 Å². The maximum atomic E-state index is 12.5. The molecule has 25 heavy (non-hydrogen) atoms. The van der Waals surface area contributed by atoms with Gasteiger partial charge in [-0.25, -0.2) is 4.79 Å². The molecule has 0 bridgehead atoms. The highest BCUT2D eigenvalue weighted by Gasteiger charge is 2.28. The third kappa shape index (κ3) is 9.40. The predicted octanol–water partition coefficient (Wildman–Crippen LogP) is 0.199. The minimum Gasteiger partial charge on any atom is -0.480 e. The van der Waals surface area contributed by atoms with Gasteiger partial charge in [-0.05, 0) is 44.1 Å². The van der Waals surface area contributed by atoms with Crippen molar-refractivity contribution in [3.05, 3.63) is 0 Å². The van der Waals surface area contributed by atoms with Gasteiger partial charge in [-0.15, -0.1) is 0 Å². The number of carboxylic acids is 1. The first kappa shape index (κ1) is 23.3. The largest absolute Gasteiger partial charge is 0.480 e. The van der Waals surface area contributed by atoms with E-state index in [1.54, 1.807) is 0 Å². The summed E-state index contributed by atoms with van der Waals surface area (Å²) in [5.41, 5.74) is 11.3. The molecule has 2 amide bonds. The maximum absolute atomic E-state index is 12.5. The lowest BCUT2D eigenvalue weighted by atomic mass is 10.0. The van der Waals surface area contributed by atoms with Crippen molar-refractivity contribution in [2.24, 2.45) is 23.3 Å². The van der Waals surface area contributed by atoms with Gasteiger partial charge in [0.15, 0.2) is 0 Å². The number of hydrogen-bond donors (Lipinski definition) is 5. The van der Waals surface area contributed by atoms with Crippen LogP contribution >= 0.6 is 0 Å². The molecule has 0 aliphatic rings. The fourth-order valence-corrected chi connectivity index (χ4v) is 2.30. The van der Waals surface area contributed by atoms with E-state index in [9.17, 15) is 19.5 Å². The van der Waals surface area contributed by atoms with Crippen LogP contribution in [0.4, 0.5) is 0 Å². The summed E-state index contributed by atoms with van der Waals surface area (Å²) in [6.45, 7) is 7.88. The highest BCUT2D eigenvalue weighted by molar-refractivity contribution is 5.91. The molecule has 0 rings (SSSR count). The average Bonchev–Trinajstić information content (AvgIpc) is 2.51. The summed E-state index contributed by atoms with van der Waals surface area (Å²) in [6.07, 6.45) is 2.06. The molecule has 0 saturated carbocycles. The number of carbonyl (C=O) groups excluding carboxylic acids is 2. The van der Waals surface area contributed by atoms with Gasteiger partial charge >= 0.3 is 5.97 Å². The first-order chi connectivity index (χ1) is 11.6. The van der Waals surface area contributed by atoms with Crippen LogP contribution in [-0.2, 0) is 14.4 Å². The monoisotopic (exact) mass is 358 g/mol. The lowest BCUT2D eigenvalue weighted by molar-refractivity contribution is -0.142. The lowest BCUT2D eigenvalue weighted by Crippen LogP contribution is -2.55. The van der Waals surface area contributed by atoms with Gasteiger partial charge in [0, 0.05) is 0 Å². The molecule has 0 heterocycles. The van der Waals surface area contributed by atoms with Gasteiger partial charge in [0.05, 0.1) is 6.04 Å². The van der Waals surface area contributed by atoms with Gasteiger partial charge in [-0.2, -0.15) is 0 Å². The number of nitrogens with two attached hydrogens (primary N) is 2. The Morgan fingerprint density at radius 2 is 1.52 bits per heavy atom. The van der Waals surface area contributed by atoms with Gasteiger partial charge in [0.1, 0.15) is 12.1 Å². The Hall–Kier alpha value is -1.67. The van der Waals surface area contributed by atoms with E-state index >= 15 is 0 Å². The van der Waals surface area contributed by atoms with Crippen LogP contribution in [0.15, 0.2) is 0 Å². The standard InChI is InChI=1S/C17H34N4O4/c1-10(2)9-13(17(24)25)21-15(22)12(7-5-6-8-18)20-16(23)14(19)11(3)4/h10-14H,5-9,18-19H2,1-4H3,(H,20,23)(H,21,22)(H,24,25). The van der Waals surface area contributed by atoms with Crippen molar-refractivity contribution >= 4 is 17.8 Å². The summed E-state index contributed by atoms with van der Waals surface area (Å²) in [7, 11) is 0. The minimum absolute atomic E-state index is 0.0690. The highest BCUT2D eigenvalue weighted by Crippen LogP contribution is 2.08. The number of carbonyl (C=O) groups is 3. The fourth-order valence-electron chi connectivity index (χ4n) is 2.30. The number of unbranched alkanes of at least 4 members (excludes halogenated alkanes) is 1. The molecule has 3 unspecified atom stereocenters. The highest BCUT2D eigenvalue weighted by atomic mass is 16.4. The van der Waals surface area contributed by atoms with Gasteiger partial charge in [0.25, 0.3) is 0 Å². The van der Waals surface area contributed by atoms with E-state index < -0.39 is 35.9 Å². The molecule has 146 valence electrons. The van der Waals surface area contributed by atoms with Crippen molar-refractivity contribution in [3.63, 3.8) is 0 Å². The summed E-state index contributed by atoms with van der Waals surface area (Å²) in [5, 5.41) is 14.4. The fraction of sp³-hybridized carbons (Fsp3) is 0.824. The molecule has 3 atom stereocenters. The second-order valence-electron chi connectivity index (χ2n) is 7.14. The quantitative estimate of drug-likeness (QED) is 0.315. The Morgan fingerprint density at radius 1 is 0.960 bits per heavy atom. The first-order valence-corrected chi connectivity index (χ1v) is 8.89. The zero-order chi connectivity index (χ0) is 19.6. The van der Waals surface area contributed by atoms with Crippen LogP contribution in [0.3, 0.4) is 0 Å². The summed E-state index contributed by atoms with van der Waals surface area (Å²) < 4.78 is 0. The topological polar surface area (TPSA) is 148 Å². The molecule has 8 heteroatoms. The lowest BCUT2D eigenvalue weighted by Gasteiger charge is -2.24. The van der Waals surface area contributed by atoms with E-state index in [0.29, 0.717) is 32.2 Å². The Bertz CT molecular complexity index is 440. The van der Waals surface area contributed by atoms with Gasteiger partial charge < -0.3 is 27.2 Å². The van der Waals surface area contributed by atoms with Crippen LogP contribution in [0.2, 0.25) is 0 Å². The van der Waals surface area contributed by atoms with E-state index in [2.05, 4.69) is 10.6 Å². The molecule has 0 aromatic heterocycles. The molecule has 0 aromatic rings. The summed E-state index contributed by atoms with van der Waals surface area (Å²) in [4.78, 5) is 36.0. The summed E-state index contributed by atoms with van der Waals surface area (Å²) >= 11 is 0. The summed E-state index contributed by atoms with van der Waals surface area (Å²) in [6, 6.07) is -2.53. The third-order valence-electron chi connectivity index (χ3n) is 3.92. The zero-order valence-corrected chi connectivity index (χ0v) is 15.7. The molecule has 0 spiro atoms. The Kier molecular flexibility index (Phi) is 11.0. The molecule has 0 aliphatic heterocycles. The number of aliphatic carboxylic acids is 1. The zero-order valence-electron chi connectivity index (χ0n) is 15.7. The van der Waals surface area contributed by atoms with Crippen LogP contribution in [0.25, 0.3) is 0 Å². The Labute approximate surface area is 150 Å². The van der Waals surface area contributed by atoms with Crippen molar-refractivity contribution < 1.29 is 19.5 Å². The second-order valence-corrected chi connectivity index (χ2v) is 7.14. The van der Waals surface area contributed by atoms with Crippen molar-refractivity contribution in [2.45, 2.75) is 71.5 Å². The smallest absolute Gasteiger partial charge is 0.326 e. The Morgan fingerprint density at radius 3 is 1.96 bits per heavy atom. The van der Waals surface area contributed by atoms with Crippen LogP contribution in [0, 0.1) is 11.8 Å². The van der Waals surface area contributed by atoms with Crippen molar-refractivity contribution in [3.8, 4) is 0 Å². The van der Waals surface area contributed by atoms with E-state index in [4.69, 9.17) is 11.5 Å². The molecule has 0 saturated heterocycles. The molecule has 0 aromatic carbocycles. The van der Waals surface area contributed by atoms with Crippen molar-refractivity contribution in [1.29, 1.82) is 0 Å². The van der Waals surface area contributed by atoms with E-state index in [-0.39, 0.29) is 11.8 Å². The molecule has 0 fully saturated rings. The Balaban J connectivity index is 5.01. The van der Waals surface area contributed by atoms with Crippen LogP contribution in [0.5, 0.6) is 0 Å². The van der Waals surface area contributed by atoms with E-state index in [1.807, 2.05) is 27.7 Å².